The van der Waals surface area contributed by atoms with E-state index < -0.39 is 5.97 Å². The number of hydrogen-bond acceptors (Lipinski definition) is 6. The van der Waals surface area contributed by atoms with E-state index in [1.54, 1.807) is 38.3 Å². The summed E-state index contributed by atoms with van der Waals surface area (Å²) in [7, 11) is 2.91. The van der Waals surface area contributed by atoms with E-state index in [1.807, 2.05) is 24.3 Å². The van der Waals surface area contributed by atoms with Gasteiger partial charge < -0.3 is 19.2 Å². The molecular weight excluding hydrogens is 360 g/mol. The van der Waals surface area contributed by atoms with Gasteiger partial charge in [-0.1, -0.05) is 6.07 Å². The van der Waals surface area contributed by atoms with Crippen molar-refractivity contribution < 1.29 is 23.5 Å². The fourth-order valence-corrected chi connectivity index (χ4v) is 2.64. The molecule has 1 amide bonds. The van der Waals surface area contributed by atoms with Crippen LogP contribution in [0.3, 0.4) is 0 Å². The smallest absolute Gasteiger partial charge is 0.337 e. The zero-order valence-corrected chi connectivity index (χ0v) is 15.8. The van der Waals surface area contributed by atoms with Crippen LogP contribution in [-0.4, -0.2) is 31.1 Å². The van der Waals surface area contributed by atoms with Crippen molar-refractivity contribution in [3.05, 3.63) is 65.5 Å². The van der Waals surface area contributed by atoms with Crippen LogP contribution >= 0.6 is 0 Å². The number of methoxy groups -OCH3 is 2. The zero-order chi connectivity index (χ0) is 20.1. The lowest BCUT2D eigenvalue weighted by molar-refractivity contribution is -0.115. The number of nitrogens with zero attached hydrogens (tertiary/aromatic N) is 1. The molecule has 0 fully saturated rings. The SMILES string of the molecule is COC(=O)c1ccc(NC(=O)Cc2nc(-c3cccc(OC)c3)oc2C)cc1. The van der Waals surface area contributed by atoms with Gasteiger partial charge in [0.1, 0.15) is 11.5 Å². The highest BCUT2D eigenvalue weighted by Gasteiger charge is 2.15. The number of carbonyl (C=O) groups excluding carboxylic acids is 2. The van der Waals surface area contributed by atoms with Gasteiger partial charge in [0.2, 0.25) is 11.8 Å². The maximum atomic E-state index is 12.4. The zero-order valence-electron chi connectivity index (χ0n) is 15.8. The molecule has 7 nitrogen and oxygen atoms in total. The van der Waals surface area contributed by atoms with E-state index in [9.17, 15) is 9.59 Å². The van der Waals surface area contributed by atoms with Gasteiger partial charge in [0.05, 0.1) is 31.9 Å². The topological polar surface area (TPSA) is 90.7 Å². The van der Waals surface area contributed by atoms with Gasteiger partial charge in [0.15, 0.2) is 0 Å². The van der Waals surface area contributed by atoms with Crippen LogP contribution in [0.5, 0.6) is 5.75 Å². The molecule has 3 aromatic rings. The van der Waals surface area contributed by atoms with Gasteiger partial charge in [-0.05, 0) is 49.4 Å². The van der Waals surface area contributed by atoms with E-state index in [-0.39, 0.29) is 12.3 Å². The quantitative estimate of drug-likeness (QED) is 0.657. The third kappa shape index (κ3) is 4.37. The molecule has 144 valence electrons. The highest BCUT2D eigenvalue weighted by atomic mass is 16.5. The maximum Gasteiger partial charge on any atom is 0.337 e. The van der Waals surface area contributed by atoms with Gasteiger partial charge in [-0.2, -0.15) is 0 Å². The van der Waals surface area contributed by atoms with Crippen molar-refractivity contribution in [3.8, 4) is 17.2 Å². The highest BCUT2D eigenvalue weighted by Crippen LogP contribution is 2.25. The first-order valence-electron chi connectivity index (χ1n) is 8.59. The number of nitrogens with one attached hydrogen (secondary N) is 1. The molecule has 28 heavy (non-hydrogen) atoms. The molecule has 7 heteroatoms. The lowest BCUT2D eigenvalue weighted by Crippen LogP contribution is -2.15. The standard InChI is InChI=1S/C21H20N2O5/c1-13-18(23-20(28-13)15-5-4-6-17(11-15)26-2)12-19(24)22-16-9-7-14(8-10-16)21(25)27-3/h4-11H,12H2,1-3H3,(H,22,24). The second-order valence-corrected chi connectivity index (χ2v) is 6.05. The number of esters is 1. The Morgan fingerprint density at radius 2 is 1.86 bits per heavy atom. The Bertz CT molecular complexity index is 992. The summed E-state index contributed by atoms with van der Waals surface area (Å²) >= 11 is 0. The molecule has 0 bridgehead atoms. The van der Waals surface area contributed by atoms with Crippen LogP contribution in [0.1, 0.15) is 21.8 Å². The molecule has 2 aromatic carbocycles. The van der Waals surface area contributed by atoms with Crippen molar-refractivity contribution >= 4 is 17.6 Å². The van der Waals surface area contributed by atoms with Crippen molar-refractivity contribution in [2.45, 2.75) is 13.3 Å². The van der Waals surface area contributed by atoms with Gasteiger partial charge in [0, 0.05) is 11.3 Å². The summed E-state index contributed by atoms with van der Waals surface area (Å²) in [5.74, 6) is 1.04. The van der Waals surface area contributed by atoms with E-state index in [0.717, 1.165) is 5.56 Å². The molecule has 1 aromatic heterocycles. The number of aromatic nitrogens is 1. The Hall–Kier alpha value is -3.61. The van der Waals surface area contributed by atoms with Gasteiger partial charge in [-0.15, -0.1) is 0 Å². The Labute approximate surface area is 162 Å². The number of ether oxygens (including phenoxy) is 2. The third-order valence-corrected chi connectivity index (χ3v) is 4.13. The van der Waals surface area contributed by atoms with E-state index in [0.29, 0.717) is 34.3 Å². The number of oxazole rings is 1. The molecular formula is C21H20N2O5. The van der Waals surface area contributed by atoms with Crippen LogP contribution in [0, 0.1) is 6.92 Å². The minimum absolute atomic E-state index is 0.0675. The first-order valence-corrected chi connectivity index (χ1v) is 8.59. The minimum atomic E-state index is -0.429. The summed E-state index contributed by atoms with van der Waals surface area (Å²) in [6, 6.07) is 13.8. The van der Waals surface area contributed by atoms with Crippen LogP contribution < -0.4 is 10.1 Å². The first kappa shape index (κ1) is 19.2. The third-order valence-electron chi connectivity index (χ3n) is 4.13. The lowest BCUT2D eigenvalue weighted by Gasteiger charge is -2.05. The van der Waals surface area contributed by atoms with Crippen molar-refractivity contribution in [2.24, 2.45) is 0 Å². The molecule has 1 heterocycles. The summed E-state index contributed by atoms with van der Waals surface area (Å²) in [4.78, 5) is 28.2. The van der Waals surface area contributed by atoms with Crippen molar-refractivity contribution in [2.75, 3.05) is 19.5 Å². The Morgan fingerprint density at radius 3 is 2.54 bits per heavy atom. The minimum Gasteiger partial charge on any atom is -0.497 e. The molecule has 1 N–H and O–H groups in total. The maximum absolute atomic E-state index is 12.4. The number of hydrogen-bond donors (Lipinski definition) is 1. The summed E-state index contributed by atoms with van der Waals surface area (Å²) < 4.78 is 15.6. The molecule has 0 atom stereocenters. The monoisotopic (exact) mass is 380 g/mol. The Kier molecular flexibility index (Phi) is 5.74. The van der Waals surface area contributed by atoms with Crippen LogP contribution in [0.15, 0.2) is 52.9 Å². The summed E-state index contributed by atoms with van der Waals surface area (Å²) in [5, 5.41) is 2.78. The summed E-state index contributed by atoms with van der Waals surface area (Å²) in [5.41, 5.74) is 2.32. The lowest BCUT2D eigenvalue weighted by atomic mass is 10.2. The normalized spacial score (nSPS) is 10.4. The van der Waals surface area contributed by atoms with E-state index >= 15 is 0 Å². The molecule has 3 rings (SSSR count). The van der Waals surface area contributed by atoms with Gasteiger partial charge >= 0.3 is 5.97 Å². The molecule has 0 saturated carbocycles. The predicted molar refractivity (Wildman–Crippen MR) is 103 cm³/mol. The van der Waals surface area contributed by atoms with E-state index in [1.165, 1.54) is 7.11 Å². The van der Waals surface area contributed by atoms with Crippen LogP contribution in [0.25, 0.3) is 11.5 Å². The van der Waals surface area contributed by atoms with E-state index in [4.69, 9.17) is 9.15 Å². The second kappa shape index (κ2) is 8.39. The Balaban J connectivity index is 1.69. The molecule has 0 aliphatic rings. The predicted octanol–water partition coefficient (Wildman–Crippen LogP) is 3.63. The molecule has 0 unspecified atom stereocenters. The van der Waals surface area contributed by atoms with Crippen molar-refractivity contribution in [1.82, 2.24) is 4.98 Å². The van der Waals surface area contributed by atoms with Crippen molar-refractivity contribution in [1.29, 1.82) is 0 Å². The Morgan fingerprint density at radius 1 is 1.11 bits per heavy atom. The molecule has 0 aliphatic heterocycles. The fraction of sp³-hybridized carbons (Fsp3) is 0.190. The average molecular weight is 380 g/mol. The first-order chi connectivity index (χ1) is 13.5. The molecule has 0 spiro atoms. The molecule has 0 aliphatic carbocycles. The van der Waals surface area contributed by atoms with Crippen LogP contribution in [-0.2, 0) is 16.0 Å². The highest BCUT2D eigenvalue weighted by molar-refractivity contribution is 5.93. The number of aryl methyl sites for hydroxylation is 1. The average Bonchev–Trinajstić information content (AvgIpc) is 3.08. The van der Waals surface area contributed by atoms with Crippen LogP contribution in [0.4, 0.5) is 5.69 Å². The number of amides is 1. The van der Waals surface area contributed by atoms with Crippen molar-refractivity contribution in [3.63, 3.8) is 0 Å². The van der Waals surface area contributed by atoms with Crippen LogP contribution in [0.2, 0.25) is 0 Å². The number of anilines is 1. The summed E-state index contributed by atoms with van der Waals surface area (Å²) in [6.07, 6.45) is 0.0675. The number of carbonyl (C=O) groups is 2. The van der Waals surface area contributed by atoms with Gasteiger partial charge in [0.25, 0.3) is 0 Å². The largest absolute Gasteiger partial charge is 0.497 e. The summed E-state index contributed by atoms with van der Waals surface area (Å²) in [6.45, 7) is 1.77. The number of rotatable bonds is 6. The van der Waals surface area contributed by atoms with Gasteiger partial charge in [-0.25, -0.2) is 9.78 Å². The second-order valence-electron chi connectivity index (χ2n) is 6.05. The molecule has 0 saturated heterocycles. The fourth-order valence-electron chi connectivity index (χ4n) is 2.64. The number of benzene rings is 2. The van der Waals surface area contributed by atoms with E-state index in [2.05, 4.69) is 15.0 Å². The molecule has 0 radical (unpaired) electrons. The van der Waals surface area contributed by atoms with Gasteiger partial charge in [-0.3, -0.25) is 4.79 Å².